The predicted molar refractivity (Wildman–Crippen MR) is 77.3 cm³/mol. The molecule has 0 amide bonds. The number of nitrogens with zero attached hydrogens (tertiary/aromatic N) is 2. The minimum absolute atomic E-state index is 0.279. The monoisotopic (exact) mass is 263 g/mol. The molecular weight excluding hydrogens is 238 g/mol. The van der Waals surface area contributed by atoms with Crippen LogP contribution in [-0.2, 0) is 6.54 Å². The van der Waals surface area contributed by atoms with E-state index in [1.807, 2.05) is 6.07 Å². The second kappa shape index (κ2) is 5.47. The van der Waals surface area contributed by atoms with Gasteiger partial charge in [0.05, 0.1) is 7.11 Å². The lowest BCUT2D eigenvalue weighted by atomic mass is 9.90. The Bertz CT molecular complexity index is 438. The van der Waals surface area contributed by atoms with Gasteiger partial charge in [-0.1, -0.05) is 6.92 Å². The summed E-state index contributed by atoms with van der Waals surface area (Å²) in [5.41, 5.74) is 9.79. The summed E-state index contributed by atoms with van der Waals surface area (Å²) in [7, 11) is 1.66. The maximum Gasteiger partial charge on any atom is 0.213 e. The average Bonchev–Trinajstić information content (AvgIpc) is 2.76. The van der Waals surface area contributed by atoms with Crippen molar-refractivity contribution in [3.05, 3.63) is 22.9 Å². The third kappa shape index (κ3) is 3.07. The van der Waals surface area contributed by atoms with Gasteiger partial charge in [-0.25, -0.2) is 4.98 Å². The smallest absolute Gasteiger partial charge is 0.213 e. The highest BCUT2D eigenvalue weighted by Gasteiger charge is 2.32. The van der Waals surface area contributed by atoms with Gasteiger partial charge in [0.15, 0.2) is 0 Å². The SMILES string of the molecule is COc1cc(C)c(CN2CCC(C)(CN)C2)c(C)n1. The first kappa shape index (κ1) is 14.3. The van der Waals surface area contributed by atoms with E-state index >= 15 is 0 Å². The normalized spacial score (nSPS) is 23.8. The molecule has 19 heavy (non-hydrogen) atoms. The van der Waals surface area contributed by atoms with E-state index in [0.29, 0.717) is 5.88 Å². The van der Waals surface area contributed by atoms with Crippen LogP contribution in [0.1, 0.15) is 30.2 Å². The van der Waals surface area contributed by atoms with Crippen molar-refractivity contribution in [3.8, 4) is 5.88 Å². The Labute approximate surface area is 116 Å². The van der Waals surface area contributed by atoms with Gasteiger partial charge in [-0.05, 0) is 49.9 Å². The summed E-state index contributed by atoms with van der Waals surface area (Å²) < 4.78 is 5.21. The zero-order valence-corrected chi connectivity index (χ0v) is 12.5. The second-order valence-electron chi connectivity index (χ2n) is 6.02. The molecule has 4 nitrogen and oxygen atoms in total. The fraction of sp³-hybridized carbons (Fsp3) is 0.667. The molecule has 1 aliphatic rings. The number of hydrogen-bond acceptors (Lipinski definition) is 4. The number of pyridine rings is 1. The summed E-state index contributed by atoms with van der Waals surface area (Å²) in [5.74, 6) is 0.701. The molecule has 4 heteroatoms. The number of nitrogens with two attached hydrogens (primary N) is 1. The van der Waals surface area contributed by atoms with E-state index in [1.165, 1.54) is 17.5 Å². The number of hydrogen-bond donors (Lipinski definition) is 1. The number of ether oxygens (including phenoxy) is 1. The summed E-state index contributed by atoms with van der Waals surface area (Å²) in [6, 6.07) is 2.01. The van der Waals surface area contributed by atoms with Crippen LogP contribution < -0.4 is 10.5 Å². The highest BCUT2D eigenvalue weighted by Crippen LogP contribution is 2.30. The quantitative estimate of drug-likeness (QED) is 0.901. The van der Waals surface area contributed by atoms with Gasteiger partial charge in [0, 0.05) is 24.8 Å². The van der Waals surface area contributed by atoms with E-state index in [2.05, 4.69) is 30.7 Å². The van der Waals surface area contributed by atoms with Gasteiger partial charge in [0.2, 0.25) is 5.88 Å². The standard InChI is InChI=1S/C15H25N3O/c1-11-7-14(19-4)17-12(2)13(11)8-18-6-5-15(3,9-16)10-18/h7H,5-6,8-10,16H2,1-4H3. The van der Waals surface area contributed by atoms with Crippen molar-refractivity contribution in [1.82, 2.24) is 9.88 Å². The molecule has 1 aliphatic heterocycles. The van der Waals surface area contributed by atoms with Crippen molar-refractivity contribution >= 4 is 0 Å². The predicted octanol–water partition coefficient (Wildman–Crippen LogP) is 1.88. The Morgan fingerprint density at radius 2 is 2.21 bits per heavy atom. The molecule has 2 N–H and O–H groups in total. The fourth-order valence-corrected chi connectivity index (χ4v) is 2.82. The maximum atomic E-state index is 5.87. The summed E-state index contributed by atoms with van der Waals surface area (Å²) >= 11 is 0. The topological polar surface area (TPSA) is 51.4 Å². The second-order valence-corrected chi connectivity index (χ2v) is 6.02. The first-order valence-electron chi connectivity index (χ1n) is 6.91. The van der Waals surface area contributed by atoms with Crippen LogP contribution in [0.25, 0.3) is 0 Å². The summed E-state index contributed by atoms with van der Waals surface area (Å²) in [4.78, 5) is 6.96. The van der Waals surface area contributed by atoms with Crippen molar-refractivity contribution in [3.63, 3.8) is 0 Å². The van der Waals surface area contributed by atoms with Crippen LogP contribution in [-0.4, -0.2) is 36.6 Å². The average molecular weight is 263 g/mol. The summed E-state index contributed by atoms with van der Waals surface area (Å²) in [5, 5.41) is 0. The molecule has 2 rings (SSSR count). The zero-order valence-electron chi connectivity index (χ0n) is 12.5. The minimum atomic E-state index is 0.279. The summed E-state index contributed by atoms with van der Waals surface area (Å²) in [6.07, 6.45) is 1.19. The molecule has 0 aromatic carbocycles. The largest absolute Gasteiger partial charge is 0.481 e. The lowest BCUT2D eigenvalue weighted by Crippen LogP contribution is -2.31. The highest BCUT2D eigenvalue weighted by molar-refractivity contribution is 5.33. The molecule has 106 valence electrons. The Balaban J connectivity index is 2.12. The van der Waals surface area contributed by atoms with Gasteiger partial charge in [0.25, 0.3) is 0 Å². The number of aryl methyl sites for hydroxylation is 2. The molecule has 0 bridgehead atoms. The highest BCUT2D eigenvalue weighted by atomic mass is 16.5. The van der Waals surface area contributed by atoms with Gasteiger partial charge in [-0.3, -0.25) is 4.90 Å². The van der Waals surface area contributed by atoms with Crippen molar-refractivity contribution in [2.45, 2.75) is 33.7 Å². The Morgan fingerprint density at radius 1 is 1.47 bits per heavy atom. The molecule has 0 saturated carbocycles. The van der Waals surface area contributed by atoms with Crippen LogP contribution in [0.15, 0.2) is 6.07 Å². The number of likely N-dealkylation sites (tertiary alicyclic amines) is 1. The fourth-order valence-electron chi connectivity index (χ4n) is 2.82. The van der Waals surface area contributed by atoms with Crippen molar-refractivity contribution in [2.75, 3.05) is 26.7 Å². The molecule has 1 saturated heterocycles. The molecule has 1 unspecified atom stereocenters. The number of rotatable bonds is 4. The van der Waals surface area contributed by atoms with Crippen LogP contribution in [0.2, 0.25) is 0 Å². The van der Waals surface area contributed by atoms with E-state index in [9.17, 15) is 0 Å². The third-order valence-corrected chi connectivity index (χ3v) is 4.25. The van der Waals surface area contributed by atoms with Crippen LogP contribution in [0, 0.1) is 19.3 Å². The summed E-state index contributed by atoms with van der Waals surface area (Å²) in [6.45, 7) is 10.4. The molecule has 1 fully saturated rings. The number of aromatic nitrogens is 1. The van der Waals surface area contributed by atoms with E-state index in [4.69, 9.17) is 10.5 Å². The molecule has 2 heterocycles. The lowest BCUT2D eigenvalue weighted by molar-refractivity contribution is 0.273. The molecule has 0 radical (unpaired) electrons. The number of methoxy groups -OCH3 is 1. The Morgan fingerprint density at radius 3 is 2.74 bits per heavy atom. The third-order valence-electron chi connectivity index (χ3n) is 4.25. The zero-order chi connectivity index (χ0) is 14.0. The van der Waals surface area contributed by atoms with E-state index < -0.39 is 0 Å². The van der Waals surface area contributed by atoms with Crippen molar-refractivity contribution in [2.24, 2.45) is 11.1 Å². The molecule has 0 spiro atoms. The molecule has 1 aromatic heterocycles. The molecule has 1 atom stereocenters. The van der Waals surface area contributed by atoms with Crippen LogP contribution in [0.5, 0.6) is 5.88 Å². The minimum Gasteiger partial charge on any atom is -0.481 e. The van der Waals surface area contributed by atoms with Crippen molar-refractivity contribution in [1.29, 1.82) is 0 Å². The van der Waals surface area contributed by atoms with E-state index in [-0.39, 0.29) is 5.41 Å². The van der Waals surface area contributed by atoms with Crippen LogP contribution in [0.4, 0.5) is 0 Å². The van der Waals surface area contributed by atoms with Crippen molar-refractivity contribution < 1.29 is 4.74 Å². The van der Waals surface area contributed by atoms with Crippen LogP contribution in [0.3, 0.4) is 0 Å². The maximum absolute atomic E-state index is 5.87. The first-order chi connectivity index (χ1) is 8.97. The molecular formula is C15H25N3O. The Kier molecular flexibility index (Phi) is 4.11. The van der Waals surface area contributed by atoms with E-state index in [0.717, 1.165) is 31.9 Å². The van der Waals surface area contributed by atoms with Gasteiger partial charge >= 0.3 is 0 Å². The van der Waals surface area contributed by atoms with E-state index in [1.54, 1.807) is 7.11 Å². The Hall–Kier alpha value is -1.13. The van der Waals surface area contributed by atoms with Crippen LogP contribution >= 0.6 is 0 Å². The molecule has 1 aromatic rings. The van der Waals surface area contributed by atoms with Gasteiger partial charge in [0.1, 0.15) is 0 Å². The van der Waals surface area contributed by atoms with Gasteiger partial charge in [-0.2, -0.15) is 0 Å². The lowest BCUT2D eigenvalue weighted by Gasteiger charge is -2.23. The van der Waals surface area contributed by atoms with Gasteiger partial charge < -0.3 is 10.5 Å². The van der Waals surface area contributed by atoms with Gasteiger partial charge in [-0.15, -0.1) is 0 Å². The molecule has 0 aliphatic carbocycles. The first-order valence-corrected chi connectivity index (χ1v) is 6.91.